The molecule has 124 valence electrons. The largest absolute Gasteiger partial charge is 0.394 e. The molecule has 0 aliphatic heterocycles. The van der Waals surface area contributed by atoms with Gasteiger partial charge in [-0.05, 0) is 12.8 Å². The Labute approximate surface area is 128 Å². The van der Waals surface area contributed by atoms with Crippen molar-refractivity contribution >= 4 is 19.0 Å². The lowest BCUT2D eigenvalue weighted by Crippen LogP contribution is -2.31. The van der Waals surface area contributed by atoms with E-state index in [1.165, 1.54) is 0 Å². The molecule has 0 saturated heterocycles. The molecule has 6 heteroatoms. The molecule has 0 fully saturated rings. The molecule has 0 spiro atoms. The van der Waals surface area contributed by atoms with Gasteiger partial charge < -0.3 is 15.3 Å². The van der Waals surface area contributed by atoms with Crippen LogP contribution in [0, 0.1) is 0 Å². The smallest absolute Gasteiger partial charge is 0.164 e. The summed E-state index contributed by atoms with van der Waals surface area (Å²) in [6.45, 7) is 3.39. The highest BCUT2D eigenvalue weighted by molar-refractivity contribution is 7.89. The zero-order valence-corrected chi connectivity index (χ0v) is 14.0. The number of rotatable bonds is 13. The number of aliphatic hydroxyl groups is 3. The van der Waals surface area contributed by atoms with Crippen molar-refractivity contribution in [3.63, 3.8) is 0 Å². The van der Waals surface area contributed by atoms with Crippen LogP contribution < -0.4 is 0 Å². The summed E-state index contributed by atoms with van der Waals surface area (Å²) < 4.78 is 0. The van der Waals surface area contributed by atoms with Crippen molar-refractivity contribution < 1.29 is 24.9 Å². The molecular formula is C15H29O5P. The van der Waals surface area contributed by atoms with Crippen molar-refractivity contribution in [3.05, 3.63) is 0 Å². The monoisotopic (exact) mass is 320 g/mol. The first kappa shape index (κ1) is 20.6. The van der Waals surface area contributed by atoms with Crippen LogP contribution in [0.25, 0.3) is 0 Å². The van der Waals surface area contributed by atoms with Crippen LogP contribution in [-0.4, -0.2) is 44.9 Å². The van der Waals surface area contributed by atoms with Crippen LogP contribution in [0.1, 0.15) is 65.2 Å². The molecule has 0 aliphatic carbocycles. The lowest BCUT2D eigenvalue weighted by atomic mass is 10.2. The van der Waals surface area contributed by atoms with E-state index in [1.807, 2.05) is 13.8 Å². The normalized spacial score (nSPS) is 14.2. The summed E-state index contributed by atoms with van der Waals surface area (Å²) in [5.41, 5.74) is -0.528. The number of carbonyl (C=O) groups is 2. The summed E-state index contributed by atoms with van der Waals surface area (Å²) in [6.07, 6.45) is 4.21. The second-order valence-corrected chi connectivity index (χ2v) is 7.50. The maximum Gasteiger partial charge on any atom is 0.164 e. The van der Waals surface area contributed by atoms with Crippen LogP contribution >= 0.6 is 7.92 Å². The molecule has 0 aromatic carbocycles. The summed E-state index contributed by atoms with van der Waals surface area (Å²) in [5, 5.41) is 28.5. The van der Waals surface area contributed by atoms with Gasteiger partial charge in [0.05, 0.1) is 14.5 Å². The summed E-state index contributed by atoms with van der Waals surface area (Å²) in [5.74, 6) is -1.45. The van der Waals surface area contributed by atoms with E-state index in [-0.39, 0.29) is 23.9 Å². The highest BCUT2D eigenvalue weighted by Crippen LogP contribution is 2.46. The van der Waals surface area contributed by atoms with Gasteiger partial charge in [-0.25, -0.2) is 0 Å². The minimum Gasteiger partial charge on any atom is -0.394 e. The molecule has 5 nitrogen and oxygen atoms in total. The SMILES string of the molecule is CCCCCC(=O)P(C(=O)CCCCC)C(O)C(O)CO. The van der Waals surface area contributed by atoms with E-state index in [0.717, 1.165) is 25.7 Å². The van der Waals surface area contributed by atoms with Crippen molar-refractivity contribution in [2.75, 3.05) is 6.61 Å². The van der Waals surface area contributed by atoms with Gasteiger partial charge in [0.2, 0.25) is 0 Å². The third-order valence-electron chi connectivity index (χ3n) is 3.32. The van der Waals surface area contributed by atoms with E-state index >= 15 is 0 Å². The average Bonchev–Trinajstić information content (AvgIpc) is 2.47. The van der Waals surface area contributed by atoms with Crippen molar-refractivity contribution in [2.45, 2.75) is 77.2 Å². The molecule has 0 heterocycles. The Morgan fingerprint density at radius 1 is 0.905 bits per heavy atom. The van der Waals surface area contributed by atoms with Crippen LogP contribution in [0.5, 0.6) is 0 Å². The minimum atomic E-state index is -1.95. The first-order chi connectivity index (χ1) is 9.99. The maximum atomic E-state index is 12.2. The zero-order chi connectivity index (χ0) is 16.3. The Balaban J connectivity index is 4.74. The predicted molar refractivity (Wildman–Crippen MR) is 84.3 cm³/mol. The topological polar surface area (TPSA) is 94.8 Å². The lowest BCUT2D eigenvalue weighted by Gasteiger charge is -2.24. The van der Waals surface area contributed by atoms with Crippen LogP contribution in [0.2, 0.25) is 0 Å². The molecule has 0 aromatic heterocycles. The molecule has 0 saturated carbocycles. The van der Waals surface area contributed by atoms with E-state index in [2.05, 4.69) is 0 Å². The van der Waals surface area contributed by atoms with E-state index in [0.29, 0.717) is 12.8 Å². The van der Waals surface area contributed by atoms with Gasteiger partial charge in [-0.15, -0.1) is 0 Å². The second kappa shape index (κ2) is 12.2. The highest BCUT2D eigenvalue weighted by Gasteiger charge is 2.36. The van der Waals surface area contributed by atoms with Gasteiger partial charge in [-0.3, -0.25) is 9.59 Å². The van der Waals surface area contributed by atoms with Gasteiger partial charge in [-0.1, -0.05) is 39.5 Å². The molecule has 0 aromatic rings. The van der Waals surface area contributed by atoms with E-state index in [4.69, 9.17) is 5.11 Å². The summed E-state index contributed by atoms with van der Waals surface area (Å²) in [7, 11) is -1.95. The number of aliphatic hydroxyl groups excluding tert-OH is 3. The Morgan fingerprint density at radius 2 is 1.33 bits per heavy atom. The Morgan fingerprint density at radius 3 is 1.67 bits per heavy atom. The van der Waals surface area contributed by atoms with Crippen LogP contribution in [0.3, 0.4) is 0 Å². The molecule has 2 unspecified atom stereocenters. The molecule has 3 N–H and O–H groups in total. The molecule has 0 rings (SSSR count). The molecule has 0 amide bonds. The van der Waals surface area contributed by atoms with Crippen molar-refractivity contribution in [2.24, 2.45) is 0 Å². The second-order valence-electron chi connectivity index (χ2n) is 5.24. The van der Waals surface area contributed by atoms with Gasteiger partial charge in [0.15, 0.2) is 11.0 Å². The van der Waals surface area contributed by atoms with Crippen molar-refractivity contribution in [1.82, 2.24) is 0 Å². The predicted octanol–water partition coefficient (Wildman–Crippen LogP) is 2.35. The first-order valence-electron chi connectivity index (χ1n) is 7.81. The van der Waals surface area contributed by atoms with Gasteiger partial charge in [-0.2, -0.15) is 0 Å². The van der Waals surface area contributed by atoms with Gasteiger partial charge in [0.1, 0.15) is 11.9 Å². The standard InChI is InChI=1S/C15H29O5P/c1-3-5-7-9-13(18)21(15(20)12(17)11-16)14(19)10-8-6-4-2/h12,15-17,20H,3-11H2,1-2H3. The Kier molecular flexibility index (Phi) is 12.0. The Bertz CT molecular complexity index is 286. The Hall–Kier alpha value is -0.350. The molecule has 0 radical (unpaired) electrons. The van der Waals surface area contributed by atoms with Crippen LogP contribution in [-0.2, 0) is 9.59 Å². The van der Waals surface area contributed by atoms with E-state index < -0.39 is 26.5 Å². The molecular weight excluding hydrogens is 291 g/mol. The fraction of sp³-hybridized carbons (Fsp3) is 0.867. The number of hydrogen-bond acceptors (Lipinski definition) is 5. The minimum absolute atomic E-state index is 0.258. The number of unbranched alkanes of at least 4 members (excludes halogenated alkanes) is 4. The lowest BCUT2D eigenvalue weighted by molar-refractivity contribution is -0.115. The highest BCUT2D eigenvalue weighted by atomic mass is 31.1. The summed E-state index contributed by atoms with van der Waals surface area (Å²) >= 11 is 0. The summed E-state index contributed by atoms with van der Waals surface area (Å²) in [4.78, 5) is 24.4. The van der Waals surface area contributed by atoms with Crippen LogP contribution in [0.4, 0.5) is 0 Å². The zero-order valence-electron chi connectivity index (χ0n) is 13.1. The number of carbonyl (C=O) groups excluding carboxylic acids is 2. The summed E-state index contributed by atoms with van der Waals surface area (Å²) in [6, 6.07) is 0. The van der Waals surface area contributed by atoms with Gasteiger partial charge >= 0.3 is 0 Å². The fourth-order valence-electron chi connectivity index (χ4n) is 1.99. The van der Waals surface area contributed by atoms with Gasteiger partial charge in [0.25, 0.3) is 0 Å². The molecule has 2 atom stereocenters. The molecule has 0 aliphatic rings. The van der Waals surface area contributed by atoms with Crippen molar-refractivity contribution in [1.29, 1.82) is 0 Å². The van der Waals surface area contributed by atoms with Crippen LogP contribution in [0.15, 0.2) is 0 Å². The quantitative estimate of drug-likeness (QED) is 0.358. The third kappa shape index (κ3) is 8.01. The molecule has 21 heavy (non-hydrogen) atoms. The first-order valence-corrected chi connectivity index (χ1v) is 9.22. The average molecular weight is 320 g/mol. The van der Waals surface area contributed by atoms with Crippen molar-refractivity contribution in [3.8, 4) is 0 Å². The maximum absolute atomic E-state index is 12.2. The molecule has 0 bridgehead atoms. The third-order valence-corrected chi connectivity index (χ3v) is 5.72. The number of hydrogen-bond donors (Lipinski definition) is 3. The fourth-order valence-corrected chi connectivity index (χ4v) is 4.10. The van der Waals surface area contributed by atoms with Gasteiger partial charge in [0, 0.05) is 12.8 Å². The van der Waals surface area contributed by atoms with E-state index in [1.54, 1.807) is 0 Å². The van der Waals surface area contributed by atoms with E-state index in [9.17, 15) is 19.8 Å².